The zero-order chi connectivity index (χ0) is 25.6. The molecule has 8 heteroatoms. The third kappa shape index (κ3) is 6.36. The number of ether oxygens (including phenoxy) is 4. The molecule has 1 saturated heterocycles. The maximum Gasteiger partial charge on any atom is 0.251 e. The zero-order valence-corrected chi connectivity index (χ0v) is 21.3. The molecule has 2 aliphatic rings. The summed E-state index contributed by atoms with van der Waals surface area (Å²) in [6.45, 7) is 7.66. The molecule has 4 rings (SSSR count). The zero-order valence-electron chi connectivity index (χ0n) is 21.3. The number of benzene rings is 2. The van der Waals surface area contributed by atoms with Crippen LogP contribution in [0.2, 0.25) is 0 Å². The van der Waals surface area contributed by atoms with Crippen LogP contribution in [0.1, 0.15) is 67.2 Å². The third-order valence-corrected chi connectivity index (χ3v) is 6.66. The molecule has 1 aliphatic heterocycles. The van der Waals surface area contributed by atoms with Gasteiger partial charge in [0.05, 0.1) is 32.0 Å². The fraction of sp³-hybridized carbons (Fsp3) is 0.500. The van der Waals surface area contributed by atoms with Gasteiger partial charge in [0.15, 0.2) is 5.79 Å². The molecule has 0 radical (unpaired) electrons. The average Bonchev–Trinajstić information content (AvgIpc) is 2.89. The first-order chi connectivity index (χ1) is 17.3. The molecule has 2 N–H and O–H groups in total. The van der Waals surface area contributed by atoms with E-state index in [0.29, 0.717) is 50.4 Å². The normalized spacial score (nSPS) is 25.7. The summed E-state index contributed by atoms with van der Waals surface area (Å²) >= 11 is 0. The van der Waals surface area contributed by atoms with E-state index >= 15 is 0 Å². The van der Waals surface area contributed by atoms with Crippen LogP contribution in [0, 0.1) is 0 Å². The summed E-state index contributed by atoms with van der Waals surface area (Å²) in [5, 5.41) is 6.18. The third-order valence-electron chi connectivity index (χ3n) is 6.66. The molecule has 0 atom stereocenters. The first-order valence-corrected chi connectivity index (χ1v) is 12.7. The lowest BCUT2D eigenvalue weighted by Gasteiger charge is -2.47. The highest BCUT2D eigenvalue weighted by atomic mass is 16.7. The minimum Gasteiger partial charge on any atom is -0.494 e. The lowest BCUT2D eigenvalue weighted by molar-refractivity contribution is -0.300. The molecule has 2 aromatic rings. The van der Waals surface area contributed by atoms with Crippen LogP contribution < -0.4 is 20.1 Å². The Morgan fingerprint density at radius 2 is 1.31 bits per heavy atom. The standard InChI is InChI=1S/C28H36N2O6/c1-4-33-23-10-6-20(7-11-23)25(31)29-22-14-16-28(17-15-22)35-18-27(3,19-36-28)30-26(32)21-8-12-24(13-9-21)34-5-2/h6-13,22H,4-5,14-19H2,1-3H3,(H,29,31)(H,30,32). The maximum absolute atomic E-state index is 12.8. The van der Waals surface area contributed by atoms with Crippen molar-refractivity contribution in [1.29, 1.82) is 0 Å². The summed E-state index contributed by atoms with van der Waals surface area (Å²) < 4.78 is 23.3. The molecule has 0 bridgehead atoms. The number of carbonyl (C=O) groups is 2. The molecule has 2 fully saturated rings. The van der Waals surface area contributed by atoms with Gasteiger partial charge in [-0.2, -0.15) is 0 Å². The van der Waals surface area contributed by atoms with Crippen LogP contribution in [0.3, 0.4) is 0 Å². The summed E-state index contributed by atoms with van der Waals surface area (Å²) in [6, 6.07) is 14.3. The molecule has 1 spiro atoms. The minimum absolute atomic E-state index is 0.0644. The molecular weight excluding hydrogens is 460 g/mol. The molecule has 194 valence electrons. The van der Waals surface area contributed by atoms with E-state index < -0.39 is 11.3 Å². The molecule has 36 heavy (non-hydrogen) atoms. The highest BCUT2D eigenvalue weighted by Crippen LogP contribution is 2.37. The van der Waals surface area contributed by atoms with E-state index in [0.717, 1.165) is 24.3 Å². The minimum atomic E-state index is -0.663. The van der Waals surface area contributed by atoms with E-state index in [-0.39, 0.29) is 17.9 Å². The van der Waals surface area contributed by atoms with Gasteiger partial charge in [-0.3, -0.25) is 9.59 Å². The predicted molar refractivity (Wildman–Crippen MR) is 135 cm³/mol. The van der Waals surface area contributed by atoms with E-state index in [2.05, 4.69) is 10.6 Å². The van der Waals surface area contributed by atoms with Crippen molar-refractivity contribution in [3.63, 3.8) is 0 Å². The van der Waals surface area contributed by atoms with Crippen LogP contribution in [0.5, 0.6) is 11.5 Å². The van der Waals surface area contributed by atoms with Gasteiger partial charge in [0.1, 0.15) is 11.5 Å². The first kappa shape index (κ1) is 26.0. The molecule has 8 nitrogen and oxygen atoms in total. The van der Waals surface area contributed by atoms with E-state index in [1.165, 1.54) is 0 Å². The second-order valence-corrected chi connectivity index (χ2v) is 9.67. The van der Waals surface area contributed by atoms with Crippen molar-refractivity contribution in [2.75, 3.05) is 26.4 Å². The predicted octanol–water partition coefficient (Wildman–Crippen LogP) is 4.09. The average molecular weight is 497 g/mol. The smallest absolute Gasteiger partial charge is 0.251 e. The molecule has 1 aliphatic carbocycles. The van der Waals surface area contributed by atoms with Crippen LogP contribution in [-0.2, 0) is 9.47 Å². The van der Waals surface area contributed by atoms with E-state index in [4.69, 9.17) is 18.9 Å². The Bertz CT molecular complexity index is 1020. The largest absolute Gasteiger partial charge is 0.494 e. The van der Waals surface area contributed by atoms with Crippen molar-refractivity contribution in [1.82, 2.24) is 10.6 Å². The second-order valence-electron chi connectivity index (χ2n) is 9.67. The van der Waals surface area contributed by atoms with Gasteiger partial charge in [-0.1, -0.05) is 0 Å². The Labute approximate surface area is 212 Å². The molecular formula is C28H36N2O6. The van der Waals surface area contributed by atoms with Crippen LogP contribution in [-0.4, -0.2) is 55.6 Å². The fourth-order valence-corrected chi connectivity index (χ4v) is 4.58. The molecule has 2 amide bonds. The molecule has 2 aromatic carbocycles. The Balaban J connectivity index is 1.24. The Morgan fingerprint density at radius 3 is 1.78 bits per heavy atom. The topological polar surface area (TPSA) is 95.1 Å². The molecule has 0 aromatic heterocycles. The quantitative estimate of drug-likeness (QED) is 0.572. The van der Waals surface area contributed by atoms with Crippen molar-refractivity contribution in [2.45, 2.75) is 63.8 Å². The lowest BCUT2D eigenvalue weighted by Crippen LogP contribution is -2.61. The van der Waals surface area contributed by atoms with Crippen molar-refractivity contribution in [2.24, 2.45) is 0 Å². The van der Waals surface area contributed by atoms with Gasteiger partial charge in [-0.05, 0) is 82.1 Å². The Kier molecular flexibility index (Phi) is 8.16. The number of amides is 2. The monoisotopic (exact) mass is 496 g/mol. The van der Waals surface area contributed by atoms with Gasteiger partial charge in [0.2, 0.25) is 0 Å². The van der Waals surface area contributed by atoms with E-state index in [1.54, 1.807) is 36.4 Å². The van der Waals surface area contributed by atoms with Gasteiger partial charge in [-0.25, -0.2) is 0 Å². The van der Waals surface area contributed by atoms with E-state index in [1.807, 2.05) is 32.9 Å². The maximum atomic E-state index is 12.8. The highest BCUT2D eigenvalue weighted by Gasteiger charge is 2.45. The summed E-state index contributed by atoms with van der Waals surface area (Å²) in [6.07, 6.45) is 2.89. The van der Waals surface area contributed by atoms with Crippen molar-refractivity contribution in [3.8, 4) is 11.5 Å². The summed E-state index contributed by atoms with van der Waals surface area (Å²) in [5.74, 6) is 0.559. The van der Waals surface area contributed by atoms with Gasteiger partial charge in [0.25, 0.3) is 11.8 Å². The summed E-state index contributed by atoms with van der Waals surface area (Å²) in [5.41, 5.74) is 0.548. The van der Waals surface area contributed by atoms with Crippen LogP contribution >= 0.6 is 0 Å². The summed E-state index contributed by atoms with van der Waals surface area (Å²) in [7, 11) is 0. The Hall–Kier alpha value is -3.10. The Morgan fingerprint density at radius 1 is 0.833 bits per heavy atom. The van der Waals surface area contributed by atoms with E-state index in [9.17, 15) is 9.59 Å². The highest BCUT2D eigenvalue weighted by molar-refractivity contribution is 5.95. The van der Waals surface area contributed by atoms with Crippen LogP contribution in [0.25, 0.3) is 0 Å². The molecule has 1 heterocycles. The summed E-state index contributed by atoms with van der Waals surface area (Å²) in [4.78, 5) is 25.4. The van der Waals surface area contributed by atoms with Crippen molar-refractivity contribution < 1.29 is 28.5 Å². The number of nitrogens with one attached hydrogen (secondary N) is 2. The van der Waals surface area contributed by atoms with Crippen LogP contribution in [0.4, 0.5) is 0 Å². The number of hydrogen-bond donors (Lipinski definition) is 2. The van der Waals surface area contributed by atoms with Gasteiger partial charge in [-0.15, -0.1) is 0 Å². The SMILES string of the molecule is CCOc1ccc(C(=O)NC2CCC3(CC2)OCC(C)(NC(=O)c2ccc(OCC)cc2)CO3)cc1. The molecule has 0 unspecified atom stereocenters. The number of hydrogen-bond acceptors (Lipinski definition) is 6. The fourth-order valence-electron chi connectivity index (χ4n) is 4.58. The first-order valence-electron chi connectivity index (χ1n) is 12.7. The number of carbonyl (C=O) groups excluding carboxylic acids is 2. The van der Waals surface area contributed by atoms with Crippen molar-refractivity contribution >= 4 is 11.8 Å². The number of rotatable bonds is 8. The van der Waals surface area contributed by atoms with Gasteiger partial charge in [0, 0.05) is 30.0 Å². The van der Waals surface area contributed by atoms with Gasteiger partial charge < -0.3 is 29.6 Å². The van der Waals surface area contributed by atoms with Crippen molar-refractivity contribution in [3.05, 3.63) is 59.7 Å². The lowest BCUT2D eigenvalue weighted by atomic mass is 9.88. The second kappa shape index (κ2) is 11.3. The molecule has 1 saturated carbocycles. The van der Waals surface area contributed by atoms with Gasteiger partial charge >= 0.3 is 0 Å². The van der Waals surface area contributed by atoms with Crippen LogP contribution in [0.15, 0.2) is 48.5 Å².